The van der Waals surface area contributed by atoms with Crippen molar-refractivity contribution in [3.63, 3.8) is 0 Å². The third-order valence-electron chi connectivity index (χ3n) is 6.17. The Morgan fingerprint density at radius 1 is 0.406 bits per heavy atom. The smallest absolute Gasteiger partial charge is 0.689 e. The van der Waals surface area contributed by atoms with Gasteiger partial charge in [0.1, 0.15) is 0 Å². The van der Waals surface area contributed by atoms with E-state index in [0.717, 1.165) is 26.2 Å². The predicted octanol–water partition coefficient (Wildman–Crippen LogP) is 7.62. The van der Waals surface area contributed by atoms with Crippen molar-refractivity contribution in [1.29, 1.82) is 0 Å². The van der Waals surface area contributed by atoms with Crippen molar-refractivity contribution >= 4 is 15.6 Å². The Bertz CT molecular complexity index is 1480. The molecule has 0 bridgehead atoms. The Hall–Kier alpha value is -1.98. The first kappa shape index (κ1) is 71.0. The minimum atomic E-state index is -10.7. The van der Waals surface area contributed by atoms with E-state index < -0.39 is 15.6 Å². The summed E-state index contributed by atoms with van der Waals surface area (Å²) < 4.78 is 134. The van der Waals surface area contributed by atoms with E-state index >= 15 is 0 Å². The van der Waals surface area contributed by atoms with Crippen molar-refractivity contribution in [2.75, 3.05) is 0 Å². The molecule has 0 N–H and O–H groups in total. The molecular weight excluding hydrogens is 1310 g/mol. The summed E-state index contributed by atoms with van der Waals surface area (Å²) in [6.07, 6.45) is 38.8. The van der Waals surface area contributed by atoms with Crippen molar-refractivity contribution in [1.82, 2.24) is 18.3 Å². The van der Waals surface area contributed by atoms with Crippen LogP contribution in [0.5, 0.6) is 0 Å². The minimum Gasteiger partial charge on any atom is -0.689 e. The minimum absolute atomic E-state index is 0. The van der Waals surface area contributed by atoms with Crippen LogP contribution in [0.2, 0.25) is 0 Å². The number of halogens is 12. The molecule has 4 rings (SSSR count). The fraction of sp³-hybridized carbons (Fsp3) is 0.625. The summed E-state index contributed by atoms with van der Waals surface area (Å²) in [4.78, 5) is 0. The second kappa shape index (κ2) is 32.7. The van der Waals surface area contributed by atoms with Crippen LogP contribution in [0, 0.1) is 25.3 Å². The normalized spacial score (nSPS) is 12.7. The van der Waals surface area contributed by atoms with Gasteiger partial charge >= 0.3 is 111 Å². The summed E-state index contributed by atoms with van der Waals surface area (Å²) in [6.45, 7) is 13.2. The maximum atomic E-state index is 9.87. The maximum absolute atomic E-state index is 10.7. The Balaban J connectivity index is -0.000000212. The van der Waals surface area contributed by atoms with E-state index in [9.17, 15) is 50.4 Å². The van der Waals surface area contributed by atoms with Gasteiger partial charge in [0.15, 0.2) is 0 Å². The molecule has 0 unspecified atom stereocenters. The number of hydrogen-bond donors (Lipinski definition) is 0. The number of nitrogens with zero attached hydrogens (tertiary/aromatic N) is 8. The largest absolute Gasteiger partial charge is 1.00 e. The Morgan fingerprint density at radius 3 is 0.688 bits per heavy atom. The Labute approximate surface area is 394 Å². The number of unbranched alkanes of at least 4 members (excludes halogenated alkanes) is 4. The molecule has 0 aliphatic carbocycles. The molecule has 390 valence electrons. The van der Waals surface area contributed by atoms with Gasteiger partial charge < -0.3 is 47.1 Å². The monoisotopic (exact) mass is 1360 g/mol. The number of imidazole rings is 4. The molecular formula is C32H56Au2F12N8O8P2-2. The molecule has 0 atom stereocenters. The van der Waals surface area contributed by atoms with Crippen LogP contribution in [0.25, 0.3) is 0 Å². The number of hydrogen-bond acceptors (Lipinski definition) is 8. The van der Waals surface area contributed by atoms with Gasteiger partial charge in [-0.15, -0.1) is 0 Å². The van der Waals surface area contributed by atoms with Crippen LogP contribution in [0.4, 0.5) is 50.4 Å². The first-order valence-electron chi connectivity index (χ1n) is 18.3. The van der Waals surface area contributed by atoms with E-state index in [1.807, 2.05) is 71.2 Å². The van der Waals surface area contributed by atoms with E-state index in [1.165, 1.54) is 51.4 Å². The van der Waals surface area contributed by atoms with Gasteiger partial charge in [-0.3, -0.25) is 10.1 Å². The molecule has 4 aromatic rings. The third kappa shape index (κ3) is 69.1. The summed E-state index contributed by atoms with van der Waals surface area (Å²) in [6, 6.07) is 0. The fourth-order valence-electron chi connectivity index (χ4n) is 3.66. The zero-order valence-corrected chi connectivity index (χ0v) is 42.1. The molecule has 64 heavy (non-hydrogen) atoms. The summed E-state index contributed by atoms with van der Waals surface area (Å²) in [5.74, 6) is 0. The molecule has 0 saturated heterocycles. The topological polar surface area (TPSA) is 137 Å². The Kier molecular flexibility index (Phi) is 36.3. The van der Waals surface area contributed by atoms with Crippen molar-refractivity contribution in [3.8, 4) is 0 Å². The van der Waals surface area contributed by atoms with E-state index in [2.05, 4.69) is 126 Å². The van der Waals surface area contributed by atoms with Gasteiger partial charge in [0.2, 0.25) is 25.3 Å². The summed E-state index contributed by atoms with van der Waals surface area (Å²) in [5.41, 5.74) is 0. The molecule has 0 spiro atoms. The molecule has 0 saturated carbocycles. The van der Waals surface area contributed by atoms with Crippen molar-refractivity contribution < 1.29 is 154 Å². The van der Waals surface area contributed by atoms with Crippen LogP contribution < -0.4 is 28.8 Å². The second-order valence-electron chi connectivity index (χ2n) is 12.5. The standard InChI is InChI=1S/4C8H14N2.2Au.2F6P.H2O8/c4*1-3-4-5-10-7-6-9(2)8-10;;;2*1-7(2,3,4,5)6;1-3-5-7-8-6-4-2/h4*6-7H,3-5H2,1-2H3;;;;;1-2H/q;;;;2*+1;2*-1;/p-2. The van der Waals surface area contributed by atoms with Gasteiger partial charge in [0.05, 0.1) is 54.4 Å². The van der Waals surface area contributed by atoms with Crippen LogP contribution in [-0.2, 0) is 129 Å². The first-order chi connectivity index (χ1) is 28.1. The molecule has 0 aromatic carbocycles. The zero-order chi connectivity index (χ0) is 48.6. The van der Waals surface area contributed by atoms with Crippen LogP contribution in [0.1, 0.15) is 79.1 Å². The van der Waals surface area contributed by atoms with Crippen LogP contribution in [-0.4, -0.2) is 18.3 Å². The van der Waals surface area contributed by atoms with Crippen molar-refractivity contribution in [2.45, 2.75) is 105 Å². The molecule has 0 radical (unpaired) electrons. The molecule has 0 aliphatic rings. The van der Waals surface area contributed by atoms with Crippen LogP contribution in [0.3, 0.4) is 0 Å². The van der Waals surface area contributed by atoms with Gasteiger partial charge in [-0.1, -0.05) is 53.4 Å². The molecule has 4 heterocycles. The molecule has 32 heteroatoms. The third-order valence-corrected chi connectivity index (χ3v) is 6.17. The van der Waals surface area contributed by atoms with E-state index in [4.69, 9.17) is 10.5 Å². The second-order valence-corrected chi connectivity index (χ2v) is 16.4. The summed E-state index contributed by atoms with van der Waals surface area (Å²) >= 11 is 0. The SMILES string of the molecule is CCCCn1[c-][n+](C)cc1.CCCCn1[c-][n+](C)cc1.CCCCn1[c-][n+](C)cc1.CCCCn1[c-][n+](C)cc1.F[P-](F)(F)(F)(F)F.F[P-](F)(F)(F)(F)F.[Au+].[Au+].[O-]OOOOOO[O-]. The first-order valence-corrected chi connectivity index (χ1v) is 22.3. The van der Waals surface area contributed by atoms with Gasteiger partial charge in [-0.2, -0.15) is 0 Å². The van der Waals surface area contributed by atoms with Gasteiger partial charge in [0, 0.05) is 0 Å². The molecule has 16 nitrogen and oxygen atoms in total. The molecule has 4 aromatic heterocycles. The fourth-order valence-corrected chi connectivity index (χ4v) is 3.66. The van der Waals surface area contributed by atoms with Gasteiger partial charge in [0.25, 0.3) is 0 Å². The average molecular weight is 1360 g/mol. The van der Waals surface area contributed by atoms with E-state index in [1.54, 1.807) is 0 Å². The van der Waals surface area contributed by atoms with E-state index in [-0.39, 0.29) is 44.8 Å². The maximum Gasteiger partial charge on any atom is 1.00 e. The predicted molar refractivity (Wildman–Crippen MR) is 191 cm³/mol. The van der Waals surface area contributed by atoms with Crippen molar-refractivity contribution in [2.24, 2.45) is 28.2 Å². The van der Waals surface area contributed by atoms with Gasteiger partial charge in [-0.05, 0) is 95.4 Å². The average Bonchev–Trinajstić information content (AvgIpc) is 3.94. The van der Waals surface area contributed by atoms with Crippen molar-refractivity contribution in [3.05, 3.63) is 74.9 Å². The number of aromatic nitrogens is 8. The summed E-state index contributed by atoms with van der Waals surface area (Å²) in [7, 11) is -13.4. The number of aryl methyl sites for hydroxylation is 8. The van der Waals surface area contributed by atoms with Crippen LogP contribution in [0.15, 0.2) is 49.6 Å². The molecule has 0 aliphatic heterocycles. The number of rotatable bonds is 17. The van der Waals surface area contributed by atoms with Gasteiger partial charge in [-0.25, -0.2) is 0 Å². The Morgan fingerprint density at radius 2 is 0.578 bits per heavy atom. The quantitative estimate of drug-likeness (QED) is 0.0154. The molecule has 0 amide bonds. The molecule has 0 fully saturated rings. The zero-order valence-electron chi connectivity index (χ0n) is 36.0. The van der Waals surface area contributed by atoms with Crippen LogP contribution >= 0.6 is 15.6 Å². The van der Waals surface area contributed by atoms with E-state index in [0.29, 0.717) is 0 Å². The summed E-state index contributed by atoms with van der Waals surface area (Å²) in [5, 5.41) is 35.0.